The number of nitrogens with one attached hydrogen (secondary N) is 2. The quantitative estimate of drug-likeness (QED) is 0.447. The van der Waals surface area contributed by atoms with Gasteiger partial charge in [-0.25, -0.2) is 14.4 Å². The highest BCUT2D eigenvalue weighted by Crippen LogP contribution is 2.09. The summed E-state index contributed by atoms with van der Waals surface area (Å²) < 4.78 is 9.41. The summed E-state index contributed by atoms with van der Waals surface area (Å²) in [6, 6.07) is -0.561. The number of unbranched alkanes of at least 4 members (excludes halogenated alkanes) is 1. The average Bonchev–Trinajstić information content (AvgIpc) is 2.54. The van der Waals surface area contributed by atoms with Crippen LogP contribution in [0.15, 0.2) is 0 Å². The molecule has 1 atom stereocenters. The molecule has 0 aromatic carbocycles. The summed E-state index contributed by atoms with van der Waals surface area (Å²) in [5.74, 6) is -0.537. The minimum atomic E-state index is -0.693. The normalized spacial score (nSPS) is 18.8. The van der Waals surface area contributed by atoms with Gasteiger partial charge in [0.05, 0.1) is 0 Å². The number of rotatable bonds is 5. The molecule has 108 valence electrons. The van der Waals surface area contributed by atoms with E-state index >= 15 is 0 Å². The Morgan fingerprint density at radius 2 is 2.05 bits per heavy atom. The zero-order valence-corrected chi connectivity index (χ0v) is 11.4. The van der Waals surface area contributed by atoms with Crippen LogP contribution >= 0.6 is 0 Å². The molecular weight excluding hydrogens is 252 g/mol. The minimum Gasteiger partial charge on any atom is -0.444 e. The third-order valence-corrected chi connectivity index (χ3v) is 2.36. The topological polar surface area (TPSA) is 93.7 Å². The first-order chi connectivity index (χ1) is 8.78. The summed E-state index contributed by atoms with van der Waals surface area (Å²) in [6.45, 7) is 5.84. The van der Waals surface area contributed by atoms with Gasteiger partial charge in [0.25, 0.3) is 0 Å². The van der Waals surface area contributed by atoms with Crippen LogP contribution in [0.5, 0.6) is 0 Å². The van der Waals surface area contributed by atoms with Crippen molar-refractivity contribution in [2.45, 2.75) is 51.7 Å². The maximum Gasteiger partial charge on any atom is 0.415 e. The van der Waals surface area contributed by atoms with Crippen molar-refractivity contribution in [1.29, 1.82) is 0 Å². The number of ether oxygens (including phenoxy) is 2. The second-order valence-electron chi connectivity index (χ2n) is 5.33. The Labute approximate surface area is 112 Å². The highest BCUT2D eigenvalue weighted by atomic mass is 16.6. The van der Waals surface area contributed by atoms with Gasteiger partial charge < -0.3 is 20.1 Å². The molecular formula is C12H20N2O5. The van der Waals surface area contributed by atoms with Gasteiger partial charge in [-0.2, -0.15) is 0 Å². The van der Waals surface area contributed by atoms with E-state index in [1.54, 1.807) is 20.8 Å². The van der Waals surface area contributed by atoms with Crippen molar-refractivity contribution in [3.8, 4) is 0 Å². The van der Waals surface area contributed by atoms with Gasteiger partial charge in [-0.05, 0) is 40.0 Å². The Morgan fingerprint density at radius 3 is 2.58 bits per heavy atom. The van der Waals surface area contributed by atoms with Crippen LogP contribution in [-0.4, -0.2) is 36.3 Å². The van der Waals surface area contributed by atoms with Crippen molar-refractivity contribution >= 4 is 18.2 Å². The van der Waals surface area contributed by atoms with Crippen LogP contribution in [0, 0.1) is 0 Å². The van der Waals surface area contributed by atoms with Gasteiger partial charge in [0.1, 0.15) is 11.6 Å². The Bertz CT molecular complexity index is 362. The fourth-order valence-corrected chi connectivity index (χ4v) is 1.56. The SMILES string of the molecule is CC(C)(C)OC(=O)NCCCC[C@@H]1NC(=O)OC1=O. The van der Waals surface area contributed by atoms with Gasteiger partial charge in [0, 0.05) is 6.54 Å². The molecule has 7 heteroatoms. The molecule has 0 aromatic heterocycles. The van der Waals surface area contributed by atoms with E-state index in [1.165, 1.54) is 0 Å². The highest BCUT2D eigenvalue weighted by Gasteiger charge is 2.31. The molecule has 1 fully saturated rings. The number of hydrogen-bond acceptors (Lipinski definition) is 5. The van der Waals surface area contributed by atoms with Crippen molar-refractivity contribution in [1.82, 2.24) is 10.6 Å². The number of cyclic esters (lactones) is 2. The van der Waals surface area contributed by atoms with E-state index < -0.39 is 29.8 Å². The lowest BCUT2D eigenvalue weighted by Crippen LogP contribution is -2.33. The predicted octanol–water partition coefficient (Wildman–Crippen LogP) is 1.32. The number of amides is 2. The first-order valence-corrected chi connectivity index (χ1v) is 6.27. The molecule has 1 aliphatic heterocycles. The standard InChI is InChI=1S/C12H20N2O5/c1-12(2,3)19-10(16)13-7-5-4-6-8-9(15)18-11(17)14-8/h8H,4-7H2,1-3H3,(H,13,16)(H,14,17)/t8-/m0/s1. The lowest BCUT2D eigenvalue weighted by molar-refractivity contribution is -0.135. The Kier molecular flexibility index (Phi) is 5.14. The van der Waals surface area contributed by atoms with E-state index in [2.05, 4.69) is 15.4 Å². The summed E-state index contributed by atoms with van der Waals surface area (Å²) in [5.41, 5.74) is -0.512. The molecule has 0 bridgehead atoms. The fourth-order valence-electron chi connectivity index (χ4n) is 1.56. The van der Waals surface area contributed by atoms with Gasteiger partial charge in [0.2, 0.25) is 0 Å². The number of alkyl carbamates (subject to hydrolysis) is 2. The molecule has 1 aliphatic rings. The van der Waals surface area contributed by atoms with Crippen molar-refractivity contribution in [2.75, 3.05) is 6.54 Å². The second kappa shape index (κ2) is 6.40. The molecule has 0 aromatic rings. The van der Waals surface area contributed by atoms with Crippen LogP contribution in [0.25, 0.3) is 0 Å². The maximum absolute atomic E-state index is 11.3. The van der Waals surface area contributed by atoms with Gasteiger partial charge in [0.15, 0.2) is 0 Å². The van der Waals surface area contributed by atoms with E-state index in [-0.39, 0.29) is 0 Å². The lowest BCUT2D eigenvalue weighted by atomic mass is 10.1. The van der Waals surface area contributed by atoms with Crippen LogP contribution < -0.4 is 10.6 Å². The summed E-state index contributed by atoms with van der Waals surface area (Å²) >= 11 is 0. The average molecular weight is 272 g/mol. The first-order valence-electron chi connectivity index (χ1n) is 6.27. The van der Waals surface area contributed by atoms with Crippen LogP contribution in [-0.2, 0) is 14.3 Å². The van der Waals surface area contributed by atoms with Gasteiger partial charge in [-0.15, -0.1) is 0 Å². The highest BCUT2D eigenvalue weighted by molar-refractivity contribution is 5.95. The van der Waals surface area contributed by atoms with Gasteiger partial charge >= 0.3 is 18.2 Å². The molecule has 2 N–H and O–H groups in total. The smallest absolute Gasteiger partial charge is 0.415 e. The molecule has 0 unspecified atom stereocenters. The minimum absolute atomic E-state index is 0.457. The third-order valence-electron chi connectivity index (χ3n) is 2.36. The Morgan fingerprint density at radius 1 is 1.37 bits per heavy atom. The molecule has 1 heterocycles. The molecule has 1 rings (SSSR count). The van der Waals surface area contributed by atoms with E-state index in [0.29, 0.717) is 25.8 Å². The first kappa shape index (κ1) is 15.3. The van der Waals surface area contributed by atoms with Crippen molar-refractivity contribution in [3.05, 3.63) is 0 Å². The molecule has 0 aliphatic carbocycles. The molecule has 2 amide bonds. The summed E-state index contributed by atoms with van der Waals surface area (Å²) in [5, 5.41) is 5.03. The lowest BCUT2D eigenvalue weighted by Gasteiger charge is -2.19. The fraction of sp³-hybridized carbons (Fsp3) is 0.750. The predicted molar refractivity (Wildman–Crippen MR) is 66.5 cm³/mol. The molecule has 0 radical (unpaired) electrons. The van der Waals surface area contributed by atoms with E-state index in [1.807, 2.05) is 0 Å². The number of carbonyl (C=O) groups is 3. The maximum atomic E-state index is 11.3. The monoisotopic (exact) mass is 272 g/mol. The third kappa shape index (κ3) is 6.08. The van der Waals surface area contributed by atoms with Gasteiger partial charge in [-0.1, -0.05) is 0 Å². The van der Waals surface area contributed by atoms with Gasteiger partial charge in [-0.3, -0.25) is 0 Å². The number of esters is 1. The molecule has 7 nitrogen and oxygen atoms in total. The second-order valence-corrected chi connectivity index (χ2v) is 5.33. The Balaban J connectivity index is 2.07. The molecule has 0 spiro atoms. The van der Waals surface area contributed by atoms with Crippen LogP contribution in [0.4, 0.5) is 9.59 Å². The van der Waals surface area contributed by atoms with Crippen molar-refractivity contribution in [3.63, 3.8) is 0 Å². The Hall–Kier alpha value is -1.79. The molecule has 0 saturated carbocycles. The zero-order chi connectivity index (χ0) is 14.5. The zero-order valence-electron chi connectivity index (χ0n) is 11.4. The van der Waals surface area contributed by atoms with E-state index in [9.17, 15) is 14.4 Å². The molecule has 1 saturated heterocycles. The molecule has 19 heavy (non-hydrogen) atoms. The van der Waals surface area contributed by atoms with Crippen LogP contribution in [0.1, 0.15) is 40.0 Å². The van der Waals surface area contributed by atoms with Crippen LogP contribution in [0.3, 0.4) is 0 Å². The summed E-state index contributed by atoms with van der Waals surface area (Å²) in [4.78, 5) is 33.2. The number of carbonyl (C=O) groups excluding carboxylic acids is 3. The van der Waals surface area contributed by atoms with Crippen LogP contribution in [0.2, 0.25) is 0 Å². The van der Waals surface area contributed by atoms with E-state index in [0.717, 1.165) is 0 Å². The number of hydrogen-bond donors (Lipinski definition) is 2. The van der Waals surface area contributed by atoms with Crippen molar-refractivity contribution < 1.29 is 23.9 Å². The van der Waals surface area contributed by atoms with Crippen molar-refractivity contribution in [2.24, 2.45) is 0 Å². The summed E-state index contributed by atoms with van der Waals surface area (Å²) in [6.07, 6.45) is 0.734. The largest absolute Gasteiger partial charge is 0.444 e. The van der Waals surface area contributed by atoms with E-state index in [4.69, 9.17) is 4.74 Å². The summed E-state index contributed by atoms with van der Waals surface area (Å²) in [7, 11) is 0.